The number of phenolic OH excluding ortho intramolecular Hbond substituents is 1. The molecular weight excluding hydrogens is 722 g/mol. The lowest BCUT2D eigenvalue weighted by Crippen LogP contribution is -2.60. The van der Waals surface area contributed by atoms with Crippen LogP contribution in [0.2, 0.25) is 0 Å². The second kappa shape index (κ2) is 12.1. The minimum atomic E-state index is -2.88. The Balaban J connectivity index is 1.58. The van der Waals surface area contributed by atoms with E-state index in [4.69, 9.17) is 37.8 Å². The molecule has 6 rings (SSSR count). The zero-order valence-corrected chi connectivity index (χ0v) is 27.4. The monoisotopic (exact) mass is 746 g/mol. The fraction of sp³-hybridized carbons (Fsp3) is 0.406. The number of carbonyl (C=O) groups is 5. The minimum Gasteiger partial charge on any atom is -0.507 e. The molecule has 2 N–H and O–H groups in total. The summed E-state index contributed by atoms with van der Waals surface area (Å²) in [5.74, 6) is -24.7. The molecule has 266 valence electrons. The first-order valence-corrected chi connectivity index (χ1v) is 15.7. The van der Waals surface area contributed by atoms with Crippen LogP contribution in [-0.2, 0) is 24.0 Å². The summed E-state index contributed by atoms with van der Waals surface area (Å²) in [7, 11) is 2.42. The van der Waals surface area contributed by atoms with Crippen molar-refractivity contribution in [2.75, 3.05) is 25.7 Å². The van der Waals surface area contributed by atoms with E-state index in [0.29, 0.717) is 0 Å². The molecule has 4 aliphatic rings. The number of methoxy groups -OCH3 is 2. The zero-order chi connectivity index (χ0) is 36.8. The van der Waals surface area contributed by atoms with Gasteiger partial charge in [-0.05, 0) is 25.2 Å². The van der Waals surface area contributed by atoms with Gasteiger partial charge < -0.3 is 19.7 Å². The number of ether oxygens (including phenoxy) is 2. The van der Waals surface area contributed by atoms with Gasteiger partial charge in [0.2, 0.25) is 17.6 Å². The number of rotatable bonds is 8. The van der Waals surface area contributed by atoms with E-state index in [1.54, 1.807) is 0 Å². The van der Waals surface area contributed by atoms with Crippen LogP contribution in [0.15, 0.2) is 23.8 Å². The van der Waals surface area contributed by atoms with Gasteiger partial charge in [-0.2, -0.15) is 0 Å². The number of imide groups is 2. The van der Waals surface area contributed by atoms with E-state index in [1.165, 1.54) is 19.3 Å². The molecule has 2 saturated heterocycles. The number of benzene rings is 2. The lowest BCUT2D eigenvalue weighted by molar-refractivity contribution is -0.142. The smallest absolute Gasteiger partial charge is 0.303 e. The van der Waals surface area contributed by atoms with E-state index < -0.39 is 110 Å². The maximum absolute atomic E-state index is 15.2. The predicted octanol–water partition coefficient (Wildman–Crippen LogP) is 4.53. The topological polar surface area (TPSA) is 151 Å². The average molecular weight is 747 g/mol. The van der Waals surface area contributed by atoms with Crippen molar-refractivity contribution in [1.29, 1.82) is 0 Å². The molecule has 0 radical (unpaired) electrons. The highest BCUT2D eigenvalue weighted by Gasteiger charge is 2.77. The predicted molar refractivity (Wildman–Crippen MR) is 161 cm³/mol. The number of halogens is 7. The molecule has 2 aromatic rings. The number of hydrogen-bond donors (Lipinski definition) is 2. The van der Waals surface area contributed by atoms with Gasteiger partial charge in [-0.15, -0.1) is 23.2 Å². The molecule has 11 nitrogen and oxygen atoms in total. The highest BCUT2D eigenvalue weighted by atomic mass is 35.5. The van der Waals surface area contributed by atoms with E-state index in [2.05, 4.69) is 0 Å². The molecule has 1 saturated carbocycles. The summed E-state index contributed by atoms with van der Waals surface area (Å²) in [5, 5.41) is 20.4. The molecule has 2 aromatic carbocycles. The molecule has 6 atom stereocenters. The summed E-state index contributed by atoms with van der Waals surface area (Å²) in [4.78, 5) is 62.0. The Kier molecular flexibility index (Phi) is 8.57. The van der Waals surface area contributed by atoms with Gasteiger partial charge >= 0.3 is 5.97 Å². The molecule has 18 heteroatoms. The van der Waals surface area contributed by atoms with Gasteiger partial charge in [0.05, 0.1) is 26.1 Å². The maximum atomic E-state index is 15.2. The van der Waals surface area contributed by atoms with Crippen molar-refractivity contribution in [3.8, 4) is 17.2 Å². The third-order valence-corrected chi connectivity index (χ3v) is 11.3. The Hall–Kier alpha value is -4.44. The van der Waals surface area contributed by atoms with Crippen LogP contribution < -0.4 is 14.4 Å². The standard InChI is InChI=1S/C32H25Cl2F5N2O9/c1-49-11-8-15(42)19(16(9-11)50-2)20-12-5-6-13-18(28(46)40(27(13)45)7-3-4-17(43)44)14(12)10-31(33)29(47)41(30(48)32(20,31)34)26-24(38)22(36)21(35)23(37)25(26)39/h5,8-9,13-14,18,20,42H,3-4,6-7,10H2,1-2H3,(H,43,44)/t13-,14+,18-,20+,31+,32-/m0/s1. The first-order chi connectivity index (χ1) is 23.5. The number of allylic oxidation sites excluding steroid dienone is 2. The largest absolute Gasteiger partial charge is 0.507 e. The van der Waals surface area contributed by atoms with Crippen LogP contribution in [-0.4, -0.2) is 75.2 Å². The number of alkyl halides is 2. The molecule has 0 spiro atoms. The Bertz CT molecular complexity index is 1920. The number of carbonyl (C=O) groups excluding carboxylic acids is 4. The number of likely N-dealkylation sites (tertiary alicyclic amines) is 1. The molecule has 0 unspecified atom stereocenters. The van der Waals surface area contributed by atoms with Gasteiger partial charge in [0, 0.05) is 36.6 Å². The molecule has 50 heavy (non-hydrogen) atoms. The zero-order valence-electron chi connectivity index (χ0n) is 25.9. The van der Waals surface area contributed by atoms with Crippen LogP contribution in [0, 0.1) is 46.8 Å². The van der Waals surface area contributed by atoms with Crippen molar-refractivity contribution < 1.29 is 65.6 Å². The Morgan fingerprint density at radius 2 is 1.54 bits per heavy atom. The van der Waals surface area contributed by atoms with Crippen molar-refractivity contribution in [3.63, 3.8) is 0 Å². The van der Waals surface area contributed by atoms with E-state index >= 15 is 8.78 Å². The van der Waals surface area contributed by atoms with Gasteiger partial charge in [0.25, 0.3) is 11.8 Å². The molecule has 2 aliphatic heterocycles. The van der Waals surface area contributed by atoms with Crippen molar-refractivity contribution in [3.05, 3.63) is 58.4 Å². The number of aliphatic carboxylic acids is 1. The first-order valence-electron chi connectivity index (χ1n) is 15.0. The number of fused-ring (bicyclic) bond motifs is 4. The summed E-state index contributed by atoms with van der Waals surface area (Å²) >= 11 is 14.2. The van der Waals surface area contributed by atoms with Crippen molar-refractivity contribution in [2.24, 2.45) is 17.8 Å². The SMILES string of the molecule is COc1cc(O)c([C@H]2C3=CC[C@@H]4C(=O)N(CCCC(=O)O)C(=O)[C@@H]4[C@@H]3C[C@@]3(Cl)C(=O)N(c4c(F)c(F)c(F)c(F)c4F)C(=O)[C@@]23Cl)c(OC)c1. The Labute approximate surface area is 289 Å². The minimum absolute atomic E-state index is 0.0410. The molecule has 3 fully saturated rings. The average Bonchev–Trinajstić information content (AvgIpc) is 3.40. The summed E-state index contributed by atoms with van der Waals surface area (Å²) < 4.78 is 83.9. The molecular formula is C32H25Cl2F5N2O9. The van der Waals surface area contributed by atoms with Crippen LogP contribution in [0.3, 0.4) is 0 Å². The van der Waals surface area contributed by atoms with Crippen molar-refractivity contribution in [1.82, 2.24) is 4.90 Å². The van der Waals surface area contributed by atoms with E-state index in [1.807, 2.05) is 0 Å². The number of hydrogen-bond acceptors (Lipinski definition) is 8. The Morgan fingerprint density at radius 1 is 0.920 bits per heavy atom. The van der Waals surface area contributed by atoms with Crippen LogP contribution in [0.1, 0.15) is 37.2 Å². The third kappa shape index (κ3) is 4.63. The highest BCUT2D eigenvalue weighted by Crippen LogP contribution is 2.67. The quantitative estimate of drug-likeness (QED) is 0.0992. The summed E-state index contributed by atoms with van der Waals surface area (Å²) in [6.45, 7) is -0.257. The third-order valence-electron chi connectivity index (χ3n) is 9.92. The van der Waals surface area contributed by atoms with E-state index in [0.717, 1.165) is 18.1 Å². The fourth-order valence-corrected chi connectivity index (χ4v) is 8.64. The molecule has 2 heterocycles. The van der Waals surface area contributed by atoms with Gasteiger partial charge in [0.1, 0.15) is 22.9 Å². The number of phenols is 1. The van der Waals surface area contributed by atoms with Gasteiger partial charge in [-0.3, -0.25) is 28.9 Å². The van der Waals surface area contributed by atoms with Crippen LogP contribution >= 0.6 is 23.2 Å². The van der Waals surface area contributed by atoms with E-state index in [9.17, 15) is 42.3 Å². The van der Waals surface area contributed by atoms with Crippen molar-refractivity contribution in [2.45, 2.75) is 41.3 Å². The number of carboxylic acid groups (broad SMARTS) is 1. The van der Waals surface area contributed by atoms with Gasteiger partial charge in [-0.25, -0.2) is 26.9 Å². The number of amides is 4. The normalized spacial score (nSPS) is 28.8. The molecule has 4 amide bonds. The lowest BCUT2D eigenvalue weighted by atomic mass is 9.56. The summed E-state index contributed by atoms with van der Waals surface area (Å²) in [6.07, 6.45) is 0.120. The second-order valence-electron chi connectivity index (χ2n) is 12.3. The summed E-state index contributed by atoms with van der Waals surface area (Å²) in [6, 6.07) is 2.35. The number of aromatic hydroxyl groups is 1. The van der Waals surface area contributed by atoms with Crippen LogP contribution in [0.4, 0.5) is 27.6 Å². The van der Waals surface area contributed by atoms with Crippen LogP contribution in [0.25, 0.3) is 0 Å². The highest BCUT2D eigenvalue weighted by molar-refractivity contribution is 6.58. The maximum Gasteiger partial charge on any atom is 0.303 e. The second-order valence-corrected chi connectivity index (χ2v) is 13.5. The Morgan fingerprint density at radius 3 is 2.12 bits per heavy atom. The molecule has 0 aromatic heterocycles. The number of carboxylic acids is 1. The molecule has 0 bridgehead atoms. The van der Waals surface area contributed by atoms with Gasteiger partial charge in [0.15, 0.2) is 33.0 Å². The molecule has 2 aliphatic carbocycles. The first kappa shape index (κ1) is 35.4. The fourth-order valence-electron chi connectivity index (χ4n) is 7.72. The number of anilines is 1. The van der Waals surface area contributed by atoms with E-state index in [-0.39, 0.29) is 53.3 Å². The summed E-state index contributed by atoms with van der Waals surface area (Å²) in [5.41, 5.74) is -2.16. The lowest BCUT2D eigenvalue weighted by Gasteiger charge is -2.50. The number of nitrogens with zero attached hydrogens (tertiary/aromatic N) is 2. The van der Waals surface area contributed by atoms with Crippen molar-refractivity contribution >= 4 is 58.5 Å². The van der Waals surface area contributed by atoms with Gasteiger partial charge in [-0.1, -0.05) is 11.6 Å². The van der Waals surface area contributed by atoms with Crippen LogP contribution in [0.5, 0.6) is 17.2 Å².